The average Bonchev–Trinajstić information content (AvgIpc) is 2.88. The molecule has 0 spiro atoms. The van der Waals surface area contributed by atoms with E-state index in [2.05, 4.69) is 20.2 Å². The van der Waals surface area contributed by atoms with Crippen molar-refractivity contribution in [1.29, 1.82) is 0 Å². The Morgan fingerprint density at radius 1 is 0.750 bits per heavy atom. The lowest BCUT2D eigenvalue weighted by atomic mass is 10.1. The fourth-order valence-electron chi connectivity index (χ4n) is 1.87. The predicted molar refractivity (Wildman–Crippen MR) is 77.5 cm³/mol. The minimum atomic E-state index is -0.300. The molecule has 0 atom stereocenters. The Labute approximate surface area is 115 Å². The first-order valence-corrected chi connectivity index (χ1v) is 6.17. The van der Waals surface area contributed by atoms with Crippen LogP contribution in [0.3, 0.4) is 0 Å². The van der Waals surface area contributed by atoms with Gasteiger partial charge in [0, 0.05) is 5.56 Å². The highest BCUT2D eigenvalue weighted by molar-refractivity contribution is 5.69. The molecule has 5 heteroatoms. The van der Waals surface area contributed by atoms with E-state index in [1.54, 1.807) is 0 Å². The first-order chi connectivity index (χ1) is 9.83. The first-order valence-electron chi connectivity index (χ1n) is 6.17. The number of hydrogen-bond donors (Lipinski definition) is 2. The molecule has 0 saturated carbocycles. The van der Waals surface area contributed by atoms with Crippen molar-refractivity contribution in [2.24, 2.45) is 10.2 Å². The third-order valence-corrected chi connectivity index (χ3v) is 2.79. The summed E-state index contributed by atoms with van der Waals surface area (Å²) in [7, 11) is 0. The highest BCUT2D eigenvalue weighted by Crippen LogP contribution is 2.26. The van der Waals surface area contributed by atoms with Crippen molar-refractivity contribution in [1.82, 2.24) is 9.97 Å². The van der Waals surface area contributed by atoms with Crippen LogP contribution in [0.5, 0.6) is 0 Å². The Kier molecular flexibility index (Phi) is 3.24. The van der Waals surface area contributed by atoms with Crippen LogP contribution >= 0.6 is 0 Å². The van der Waals surface area contributed by atoms with Crippen molar-refractivity contribution in [3.63, 3.8) is 0 Å². The van der Waals surface area contributed by atoms with Crippen molar-refractivity contribution < 1.29 is 0 Å². The summed E-state index contributed by atoms with van der Waals surface area (Å²) in [5.41, 5.74) is 1.95. The van der Waals surface area contributed by atoms with E-state index in [4.69, 9.17) is 0 Å². The molecule has 2 aromatic carbocycles. The number of benzene rings is 2. The van der Waals surface area contributed by atoms with Gasteiger partial charge in [-0.1, -0.05) is 48.5 Å². The standard InChI is InChI=1S/C15H12N4O/c20-15-16-13(11-7-3-1-4-8-11)14(17-15)19-18-12-9-5-2-6-10-12/h1-10H,(H2,16,17,20). The minimum absolute atomic E-state index is 0.300. The van der Waals surface area contributed by atoms with Crippen LogP contribution in [0.2, 0.25) is 0 Å². The molecule has 2 N–H and O–H groups in total. The second kappa shape index (κ2) is 5.36. The summed E-state index contributed by atoms with van der Waals surface area (Å²) >= 11 is 0. The number of azo groups is 1. The van der Waals surface area contributed by atoms with E-state index < -0.39 is 0 Å². The van der Waals surface area contributed by atoms with Gasteiger partial charge in [-0.3, -0.25) is 4.98 Å². The van der Waals surface area contributed by atoms with Gasteiger partial charge in [0.05, 0.1) is 11.4 Å². The Balaban J connectivity index is 1.99. The minimum Gasteiger partial charge on any atom is -0.304 e. The molecule has 0 amide bonds. The molecule has 0 radical (unpaired) electrons. The van der Waals surface area contributed by atoms with Crippen molar-refractivity contribution in [3.05, 3.63) is 71.1 Å². The third kappa shape index (κ3) is 2.56. The number of imidazole rings is 1. The molecule has 5 nitrogen and oxygen atoms in total. The quantitative estimate of drug-likeness (QED) is 0.694. The Morgan fingerprint density at radius 2 is 1.40 bits per heavy atom. The van der Waals surface area contributed by atoms with Gasteiger partial charge in [-0.2, -0.15) is 0 Å². The zero-order valence-corrected chi connectivity index (χ0v) is 10.6. The van der Waals surface area contributed by atoms with Gasteiger partial charge >= 0.3 is 5.69 Å². The van der Waals surface area contributed by atoms with Gasteiger partial charge in [0.1, 0.15) is 0 Å². The van der Waals surface area contributed by atoms with E-state index in [1.807, 2.05) is 60.7 Å². The molecule has 3 aromatic rings. The largest absolute Gasteiger partial charge is 0.325 e. The van der Waals surface area contributed by atoms with Crippen LogP contribution in [0.25, 0.3) is 11.3 Å². The van der Waals surface area contributed by atoms with E-state index in [0.29, 0.717) is 11.5 Å². The molecule has 98 valence electrons. The van der Waals surface area contributed by atoms with Gasteiger partial charge in [0.15, 0.2) is 5.82 Å². The fourth-order valence-corrected chi connectivity index (χ4v) is 1.87. The Morgan fingerprint density at radius 3 is 2.10 bits per heavy atom. The monoisotopic (exact) mass is 264 g/mol. The summed E-state index contributed by atoms with van der Waals surface area (Å²) in [6, 6.07) is 18.9. The summed E-state index contributed by atoms with van der Waals surface area (Å²) in [6.07, 6.45) is 0. The number of rotatable bonds is 3. The van der Waals surface area contributed by atoms with Gasteiger partial charge in [0.25, 0.3) is 0 Å². The molecule has 0 unspecified atom stereocenters. The Bertz CT molecular complexity index is 772. The van der Waals surface area contributed by atoms with Crippen LogP contribution < -0.4 is 5.69 Å². The highest BCUT2D eigenvalue weighted by atomic mass is 16.1. The van der Waals surface area contributed by atoms with Crippen molar-refractivity contribution in [2.45, 2.75) is 0 Å². The summed E-state index contributed by atoms with van der Waals surface area (Å²) in [5, 5.41) is 8.22. The fraction of sp³-hybridized carbons (Fsp3) is 0. The molecule has 20 heavy (non-hydrogen) atoms. The number of nitrogens with one attached hydrogen (secondary N) is 2. The van der Waals surface area contributed by atoms with Crippen LogP contribution in [-0.2, 0) is 0 Å². The molecule has 0 fully saturated rings. The molecule has 0 saturated heterocycles. The second-order valence-electron chi connectivity index (χ2n) is 4.20. The van der Waals surface area contributed by atoms with Gasteiger partial charge in [-0.25, -0.2) is 4.79 Å². The van der Waals surface area contributed by atoms with E-state index in [1.165, 1.54) is 0 Å². The molecule has 1 heterocycles. The van der Waals surface area contributed by atoms with Crippen molar-refractivity contribution >= 4 is 11.5 Å². The predicted octanol–water partition coefficient (Wildman–Crippen LogP) is 3.79. The number of H-pyrrole nitrogens is 2. The third-order valence-electron chi connectivity index (χ3n) is 2.79. The number of aromatic nitrogens is 2. The summed E-state index contributed by atoms with van der Waals surface area (Å²) in [5.74, 6) is 0.421. The molecular formula is C15H12N4O. The van der Waals surface area contributed by atoms with Gasteiger partial charge in [-0.15, -0.1) is 10.2 Å². The number of nitrogens with zero attached hydrogens (tertiary/aromatic N) is 2. The second-order valence-corrected chi connectivity index (χ2v) is 4.20. The maximum Gasteiger partial charge on any atom is 0.325 e. The summed E-state index contributed by atoms with van der Waals surface area (Å²) in [4.78, 5) is 16.9. The smallest absolute Gasteiger partial charge is 0.304 e. The average molecular weight is 264 g/mol. The molecular weight excluding hydrogens is 252 g/mol. The topological polar surface area (TPSA) is 73.4 Å². The molecule has 3 rings (SSSR count). The van der Waals surface area contributed by atoms with E-state index in [-0.39, 0.29) is 5.69 Å². The summed E-state index contributed by atoms with van der Waals surface area (Å²) < 4.78 is 0. The zero-order valence-electron chi connectivity index (χ0n) is 10.6. The first kappa shape index (κ1) is 12.1. The maximum absolute atomic E-state index is 11.5. The Hall–Kier alpha value is -2.95. The molecule has 0 bridgehead atoms. The molecule has 0 aliphatic heterocycles. The highest BCUT2D eigenvalue weighted by Gasteiger charge is 2.08. The van der Waals surface area contributed by atoms with E-state index >= 15 is 0 Å². The lowest BCUT2D eigenvalue weighted by Gasteiger charge is -1.97. The van der Waals surface area contributed by atoms with E-state index in [0.717, 1.165) is 11.3 Å². The van der Waals surface area contributed by atoms with Gasteiger partial charge < -0.3 is 4.98 Å². The van der Waals surface area contributed by atoms with Crippen LogP contribution in [0.15, 0.2) is 75.7 Å². The van der Waals surface area contributed by atoms with E-state index in [9.17, 15) is 4.79 Å². The van der Waals surface area contributed by atoms with Crippen LogP contribution in [0.4, 0.5) is 11.5 Å². The molecule has 0 aliphatic rings. The zero-order chi connectivity index (χ0) is 13.8. The molecule has 1 aromatic heterocycles. The number of aromatic amines is 2. The summed E-state index contributed by atoms with van der Waals surface area (Å²) in [6.45, 7) is 0. The van der Waals surface area contributed by atoms with Crippen molar-refractivity contribution in [3.8, 4) is 11.3 Å². The van der Waals surface area contributed by atoms with Gasteiger partial charge in [-0.05, 0) is 12.1 Å². The lowest BCUT2D eigenvalue weighted by molar-refractivity contribution is 1.14. The molecule has 0 aliphatic carbocycles. The van der Waals surface area contributed by atoms with Crippen molar-refractivity contribution in [2.75, 3.05) is 0 Å². The lowest BCUT2D eigenvalue weighted by Crippen LogP contribution is -1.99. The SMILES string of the molecule is O=c1[nH]c(N=Nc2ccccc2)c(-c2ccccc2)[nH]1. The van der Waals surface area contributed by atoms with Crippen LogP contribution in [0.1, 0.15) is 0 Å². The van der Waals surface area contributed by atoms with Gasteiger partial charge in [0.2, 0.25) is 0 Å². The maximum atomic E-state index is 11.5. The normalized spacial score (nSPS) is 11.0. The number of hydrogen-bond acceptors (Lipinski definition) is 3. The van der Waals surface area contributed by atoms with Crippen LogP contribution in [-0.4, -0.2) is 9.97 Å². The van der Waals surface area contributed by atoms with Crippen LogP contribution in [0, 0.1) is 0 Å².